The van der Waals surface area contributed by atoms with Crippen molar-refractivity contribution in [3.63, 3.8) is 0 Å². The number of Topliss-reactive ketones (excluding diaryl/α,β-unsaturated/α-hetero) is 2. The lowest BCUT2D eigenvalue weighted by molar-refractivity contribution is -0.162. The molecule has 2 atom stereocenters. The molecule has 18 heavy (non-hydrogen) atoms. The van der Waals surface area contributed by atoms with Gasteiger partial charge in [0.1, 0.15) is 18.4 Å². The van der Waals surface area contributed by atoms with Crippen LogP contribution in [-0.2, 0) is 19.1 Å². The summed E-state index contributed by atoms with van der Waals surface area (Å²) >= 11 is 0. The molecule has 0 bridgehead atoms. The minimum Gasteiger partial charge on any atom is -0.359 e. The topological polar surface area (TPSA) is 52.6 Å². The summed E-state index contributed by atoms with van der Waals surface area (Å²) < 4.78 is 10.5. The van der Waals surface area contributed by atoms with Gasteiger partial charge in [-0.2, -0.15) is 0 Å². The Balaban J connectivity index is 2.97. The van der Waals surface area contributed by atoms with E-state index in [1.165, 1.54) is 6.92 Å². The predicted molar refractivity (Wildman–Crippen MR) is 68.2 cm³/mol. The highest BCUT2D eigenvalue weighted by molar-refractivity contribution is 5.91. The molecule has 0 amide bonds. The number of ether oxygens (including phenoxy) is 2. The third kappa shape index (κ3) is 3.27. The van der Waals surface area contributed by atoms with Gasteiger partial charge in [0, 0.05) is 20.0 Å². The summed E-state index contributed by atoms with van der Waals surface area (Å²) in [7, 11) is 1.55. The van der Waals surface area contributed by atoms with Crippen molar-refractivity contribution in [2.75, 3.05) is 13.9 Å². The van der Waals surface area contributed by atoms with Crippen molar-refractivity contribution in [1.82, 2.24) is 0 Å². The second-order valence-corrected chi connectivity index (χ2v) is 4.90. The van der Waals surface area contributed by atoms with Gasteiger partial charge in [-0.25, -0.2) is 0 Å². The predicted octanol–water partition coefficient (Wildman–Crippen LogP) is 2.27. The first-order valence-corrected chi connectivity index (χ1v) is 6.31. The molecule has 1 fully saturated rings. The van der Waals surface area contributed by atoms with Crippen LogP contribution in [0.3, 0.4) is 0 Å². The molecule has 0 aliphatic heterocycles. The molecule has 0 aromatic rings. The summed E-state index contributed by atoms with van der Waals surface area (Å²) in [5.74, 6) is 0.128. The molecular formula is C14H22O4. The van der Waals surface area contributed by atoms with E-state index < -0.39 is 5.41 Å². The van der Waals surface area contributed by atoms with Crippen LogP contribution in [0.5, 0.6) is 0 Å². The SMILES string of the molecule is C=CC[C@@]1(CC(C)=O)C(=O)CCC[C@H]1OCOC. The molecule has 4 nitrogen and oxygen atoms in total. The van der Waals surface area contributed by atoms with Gasteiger partial charge in [0.2, 0.25) is 0 Å². The number of hydrogen-bond acceptors (Lipinski definition) is 4. The Morgan fingerprint density at radius 2 is 2.33 bits per heavy atom. The molecule has 4 heteroatoms. The zero-order chi connectivity index (χ0) is 13.6. The number of carbonyl (C=O) groups excluding carboxylic acids is 2. The minimum absolute atomic E-state index is 0.0121. The van der Waals surface area contributed by atoms with E-state index >= 15 is 0 Å². The summed E-state index contributed by atoms with van der Waals surface area (Å²) in [5.41, 5.74) is -0.732. The number of methoxy groups -OCH3 is 1. The highest BCUT2D eigenvalue weighted by Crippen LogP contribution is 2.42. The first-order valence-electron chi connectivity index (χ1n) is 6.31. The Bertz CT molecular complexity index is 324. The lowest BCUT2D eigenvalue weighted by Crippen LogP contribution is -2.48. The zero-order valence-corrected chi connectivity index (χ0v) is 11.2. The number of hydrogen-bond donors (Lipinski definition) is 0. The molecular weight excluding hydrogens is 232 g/mol. The van der Waals surface area contributed by atoms with Crippen molar-refractivity contribution in [2.24, 2.45) is 5.41 Å². The van der Waals surface area contributed by atoms with E-state index in [1.54, 1.807) is 13.2 Å². The maximum atomic E-state index is 12.3. The summed E-state index contributed by atoms with van der Waals surface area (Å²) in [6.45, 7) is 5.37. The maximum absolute atomic E-state index is 12.3. The van der Waals surface area contributed by atoms with E-state index in [-0.39, 0.29) is 30.9 Å². The van der Waals surface area contributed by atoms with Crippen LogP contribution in [0, 0.1) is 5.41 Å². The molecule has 0 radical (unpaired) electrons. The normalized spacial score (nSPS) is 28.1. The van der Waals surface area contributed by atoms with E-state index in [0.29, 0.717) is 12.8 Å². The van der Waals surface area contributed by atoms with Crippen molar-refractivity contribution < 1.29 is 19.1 Å². The molecule has 1 saturated carbocycles. The molecule has 1 aliphatic carbocycles. The second-order valence-electron chi connectivity index (χ2n) is 4.90. The van der Waals surface area contributed by atoms with Crippen LogP contribution in [0.1, 0.15) is 39.0 Å². The highest BCUT2D eigenvalue weighted by Gasteiger charge is 2.47. The number of ketones is 2. The largest absolute Gasteiger partial charge is 0.359 e. The molecule has 102 valence electrons. The highest BCUT2D eigenvalue weighted by atomic mass is 16.7. The Labute approximate surface area is 108 Å². The quantitative estimate of drug-likeness (QED) is 0.516. The van der Waals surface area contributed by atoms with E-state index in [0.717, 1.165) is 12.8 Å². The standard InChI is InChI=1S/C14H22O4/c1-4-8-14(9-11(2)15)12(16)6-5-7-13(14)18-10-17-3/h4,13H,1,5-10H2,2-3H3/t13-,14-/m1/s1. The lowest BCUT2D eigenvalue weighted by Gasteiger charge is -2.41. The first-order chi connectivity index (χ1) is 8.56. The van der Waals surface area contributed by atoms with Gasteiger partial charge in [-0.05, 0) is 26.2 Å². The number of allylic oxidation sites excluding steroid dienone is 1. The number of rotatable bonds is 7. The van der Waals surface area contributed by atoms with E-state index in [2.05, 4.69) is 6.58 Å². The molecule has 0 spiro atoms. The molecule has 0 saturated heterocycles. The van der Waals surface area contributed by atoms with E-state index in [4.69, 9.17) is 9.47 Å². The fourth-order valence-corrected chi connectivity index (χ4v) is 2.78. The van der Waals surface area contributed by atoms with Gasteiger partial charge in [-0.1, -0.05) is 6.08 Å². The molecule has 1 aliphatic rings. The average Bonchev–Trinajstić information content (AvgIpc) is 2.30. The van der Waals surface area contributed by atoms with E-state index in [1.807, 2.05) is 0 Å². The van der Waals surface area contributed by atoms with Gasteiger partial charge >= 0.3 is 0 Å². The molecule has 0 unspecified atom stereocenters. The fourth-order valence-electron chi connectivity index (χ4n) is 2.78. The van der Waals surface area contributed by atoms with Crippen LogP contribution in [0.15, 0.2) is 12.7 Å². The Kier molecular flexibility index (Phi) is 5.69. The van der Waals surface area contributed by atoms with Crippen LogP contribution in [0.4, 0.5) is 0 Å². The van der Waals surface area contributed by atoms with Gasteiger partial charge in [0.15, 0.2) is 0 Å². The number of carbonyl (C=O) groups is 2. The van der Waals surface area contributed by atoms with Gasteiger partial charge in [-0.15, -0.1) is 6.58 Å². The van der Waals surface area contributed by atoms with Crippen molar-refractivity contribution in [2.45, 2.75) is 45.1 Å². The molecule has 1 rings (SSSR count). The second kappa shape index (κ2) is 6.81. The summed E-state index contributed by atoms with van der Waals surface area (Å²) in [6, 6.07) is 0. The molecule has 0 aromatic carbocycles. The van der Waals surface area contributed by atoms with Gasteiger partial charge in [0.25, 0.3) is 0 Å². The van der Waals surface area contributed by atoms with Crippen molar-refractivity contribution in [3.8, 4) is 0 Å². The van der Waals surface area contributed by atoms with Crippen LogP contribution in [0.2, 0.25) is 0 Å². The average molecular weight is 254 g/mol. The van der Waals surface area contributed by atoms with Crippen LogP contribution < -0.4 is 0 Å². The van der Waals surface area contributed by atoms with Crippen molar-refractivity contribution in [1.29, 1.82) is 0 Å². The van der Waals surface area contributed by atoms with Crippen LogP contribution >= 0.6 is 0 Å². The summed E-state index contributed by atoms with van der Waals surface area (Å²) in [4.78, 5) is 23.8. The van der Waals surface area contributed by atoms with Gasteiger partial charge < -0.3 is 9.47 Å². The first kappa shape index (κ1) is 15.1. The minimum atomic E-state index is -0.732. The third-order valence-electron chi connectivity index (χ3n) is 3.50. The smallest absolute Gasteiger partial charge is 0.146 e. The van der Waals surface area contributed by atoms with Gasteiger partial charge in [0.05, 0.1) is 11.5 Å². The molecule has 0 N–H and O–H groups in total. The Hall–Kier alpha value is -1.00. The van der Waals surface area contributed by atoms with Crippen molar-refractivity contribution in [3.05, 3.63) is 12.7 Å². The maximum Gasteiger partial charge on any atom is 0.146 e. The monoisotopic (exact) mass is 254 g/mol. The van der Waals surface area contributed by atoms with Gasteiger partial charge in [-0.3, -0.25) is 9.59 Å². The fraction of sp³-hybridized carbons (Fsp3) is 0.714. The molecule has 0 aromatic heterocycles. The van der Waals surface area contributed by atoms with E-state index in [9.17, 15) is 9.59 Å². The third-order valence-corrected chi connectivity index (χ3v) is 3.50. The Morgan fingerprint density at radius 1 is 1.61 bits per heavy atom. The summed E-state index contributed by atoms with van der Waals surface area (Å²) in [5, 5.41) is 0. The van der Waals surface area contributed by atoms with Crippen LogP contribution in [-0.4, -0.2) is 31.6 Å². The van der Waals surface area contributed by atoms with Crippen LogP contribution in [0.25, 0.3) is 0 Å². The molecule has 0 heterocycles. The zero-order valence-electron chi connectivity index (χ0n) is 11.2. The Morgan fingerprint density at radius 3 is 2.89 bits per heavy atom. The van der Waals surface area contributed by atoms with Crippen molar-refractivity contribution >= 4 is 11.6 Å². The summed E-state index contributed by atoms with van der Waals surface area (Å²) in [6.07, 6.45) is 4.29. The lowest BCUT2D eigenvalue weighted by atomic mass is 9.66.